The van der Waals surface area contributed by atoms with Crippen LogP contribution in [0.2, 0.25) is 0 Å². The Morgan fingerprint density at radius 2 is 2.30 bits per heavy atom. The number of halogens is 1. The van der Waals surface area contributed by atoms with E-state index in [-0.39, 0.29) is 17.7 Å². The predicted octanol–water partition coefficient (Wildman–Crippen LogP) is 2.18. The second-order valence-electron chi connectivity index (χ2n) is 5.90. The molecule has 0 unspecified atom stereocenters. The van der Waals surface area contributed by atoms with E-state index >= 15 is 0 Å². The molecule has 23 heavy (non-hydrogen) atoms. The average Bonchev–Trinajstić information content (AvgIpc) is 3.24. The average molecular weight is 317 g/mol. The molecule has 120 valence electrons. The quantitative estimate of drug-likeness (QED) is 0.849. The molecule has 0 spiro atoms. The van der Waals surface area contributed by atoms with Crippen LogP contribution in [0.1, 0.15) is 36.2 Å². The summed E-state index contributed by atoms with van der Waals surface area (Å²) >= 11 is 0. The lowest BCUT2D eigenvalue weighted by atomic mass is 10.1. The minimum absolute atomic E-state index is 0.148. The van der Waals surface area contributed by atoms with Crippen LogP contribution in [-0.4, -0.2) is 33.6 Å². The number of amides is 1. The van der Waals surface area contributed by atoms with Gasteiger partial charge in [-0.05, 0) is 18.9 Å². The molecule has 1 fully saturated rings. The first kappa shape index (κ1) is 14.2. The van der Waals surface area contributed by atoms with Gasteiger partial charge >= 0.3 is 0 Å². The minimum atomic E-state index is -0.685. The number of carbonyl (C=O) groups is 1. The molecule has 0 saturated carbocycles. The number of carbonyl (C=O) groups excluding carboxylic acids is 1. The lowest BCUT2D eigenvalue weighted by Gasteiger charge is -2.25. The third-order valence-electron chi connectivity index (χ3n) is 4.37. The lowest BCUT2D eigenvalue weighted by Crippen LogP contribution is -2.41. The molecule has 0 radical (unpaired) electrons. The van der Waals surface area contributed by atoms with Crippen molar-refractivity contribution in [3.8, 4) is 5.75 Å². The number of nitrogens with zero attached hydrogens (tertiary/aromatic N) is 3. The maximum absolute atomic E-state index is 13.8. The van der Waals surface area contributed by atoms with E-state index in [0.29, 0.717) is 24.7 Å². The molecule has 0 aliphatic carbocycles. The monoisotopic (exact) mass is 317 g/mol. The number of ether oxygens (including phenoxy) is 1. The van der Waals surface area contributed by atoms with Crippen LogP contribution in [0.15, 0.2) is 22.7 Å². The molecule has 0 bridgehead atoms. The van der Waals surface area contributed by atoms with Gasteiger partial charge in [-0.3, -0.25) is 4.79 Å². The van der Waals surface area contributed by atoms with E-state index in [1.54, 1.807) is 24.0 Å². The molecule has 2 aliphatic heterocycles. The third-order valence-corrected chi connectivity index (χ3v) is 4.37. The highest BCUT2D eigenvalue weighted by Gasteiger charge is 2.40. The summed E-state index contributed by atoms with van der Waals surface area (Å²) in [6.07, 6.45) is 1.37. The number of para-hydroxylation sites is 1. The summed E-state index contributed by atoms with van der Waals surface area (Å²) in [5, 5.41) is 3.93. The van der Waals surface area contributed by atoms with Gasteiger partial charge in [0.2, 0.25) is 5.89 Å². The summed E-state index contributed by atoms with van der Waals surface area (Å²) in [6, 6.07) is 4.56. The fraction of sp³-hybridized carbons (Fsp3) is 0.438. The Morgan fingerprint density at radius 1 is 1.43 bits per heavy atom. The second-order valence-corrected chi connectivity index (χ2v) is 5.90. The van der Waals surface area contributed by atoms with Crippen LogP contribution in [0.4, 0.5) is 4.39 Å². The van der Waals surface area contributed by atoms with Gasteiger partial charge in [-0.2, -0.15) is 4.98 Å². The summed E-state index contributed by atoms with van der Waals surface area (Å²) in [5.41, 5.74) is 0.731. The Bertz CT molecular complexity index is 761. The van der Waals surface area contributed by atoms with E-state index < -0.39 is 11.9 Å². The van der Waals surface area contributed by atoms with Crippen molar-refractivity contribution in [1.29, 1.82) is 0 Å². The summed E-state index contributed by atoms with van der Waals surface area (Å²) in [4.78, 5) is 18.8. The molecule has 3 heterocycles. The molecule has 4 rings (SSSR count). The van der Waals surface area contributed by atoms with Crippen molar-refractivity contribution in [3.63, 3.8) is 0 Å². The SMILES string of the molecule is Cc1nc([C@@H]2CCCN2C(=O)[C@@H]2Cc3cccc(F)c3O2)no1. The fourth-order valence-electron chi connectivity index (χ4n) is 3.30. The van der Waals surface area contributed by atoms with Crippen LogP contribution >= 0.6 is 0 Å². The molecule has 7 heteroatoms. The zero-order valence-electron chi connectivity index (χ0n) is 12.7. The van der Waals surface area contributed by atoms with Crippen molar-refractivity contribution in [3.05, 3.63) is 41.3 Å². The highest BCUT2D eigenvalue weighted by Crippen LogP contribution is 2.35. The van der Waals surface area contributed by atoms with Gasteiger partial charge in [-0.15, -0.1) is 0 Å². The van der Waals surface area contributed by atoms with E-state index in [4.69, 9.17) is 9.26 Å². The maximum atomic E-state index is 13.8. The van der Waals surface area contributed by atoms with E-state index in [2.05, 4.69) is 10.1 Å². The standard InChI is InChI=1S/C16H16FN3O3/c1-9-18-15(19-23-9)12-6-3-7-20(12)16(21)13-8-10-4-2-5-11(17)14(10)22-13/h2,4-5,12-13H,3,6-8H2,1H3/t12-,13-/m0/s1. The molecule has 1 aromatic carbocycles. The zero-order chi connectivity index (χ0) is 16.0. The van der Waals surface area contributed by atoms with Crippen LogP contribution in [0.25, 0.3) is 0 Å². The molecule has 1 aromatic heterocycles. The number of hydrogen-bond acceptors (Lipinski definition) is 5. The molecule has 2 atom stereocenters. The van der Waals surface area contributed by atoms with Crippen molar-refractivity contribution in [2.24, 2.45) is 0 Å². The van der Waals surface area contributed by atoms with Crippen molar-refractivity contribution >= 4 is 5.91 Å². The first-order chi connectivity index (χ1) is 11.1. The Balaban J connectivity index is 1.54. The number of aromatic nitrogens is 2. The molecule has 2 aromatic rings. The molecule has 1 amide bonds. The van der Waals surface area contributed by atoms with Gasteiger partial charge in [-0.25, -0.2) is 4.39 Å². The highest BCUT2D eigenvalue weighted by molar-refractivity contribution is 5.83. The van der Waals surface area contributed by atoms with Gasteiger partial charge in [0.1, 0.15) is 0 Å². The number of benzene rings is 1. The van der Waals surface area contributed by atoms with Crippen molar-refractivity contribution in [2.75, 3.05) is 6.54 Å². The van der Waals surface area contributed by atoms with Gasteiger partial charge in [0.05, 0.1) is 6.04 Å². The summed E-state index contributed by atoms with van der Waals surface area (Å²) < 4.78 is 24.4. The first-order valence-corrected chi connectivity index (χ1v) is 7.68. The van der Waals surface area contributed by atoms with Crippen LogP contribution in [0.5, 0.6) is 5.75 Å². The Labute approximate surface area is 132 Å². The highest BCUT2D eigenvalue weighted by atomic mass is 19.1. The van der Waals surface area contributed by atoms with E-state index in [1.807, 2.05) is 0 Å². The Hall–Kier alpha value is -2.44. The largest absolute Gasteiger partial charge is 0.477 e. The Morgan fingerprint density at radius 3 is 3.04 bits per heavy atom. The zero-order valence-corrected chi connectivity index (χ0v) is 12.7. The van der Waals surface area contributed by atoms with Crippen LogP contribution in [0.3, 0.4) is 0 Å². The van der Waals surface area contributed by atoms with E-state index in [0.717, 1.165) is 18.4 Å². The maximum Gasteiger partial charge on any atom is 0.264 e. The molecular weight excluding hydrogens is 301 g/mol. The smallest absolute Gasteiger partial charge is 0.264 e. The van der Waals surface area contributed by atoms with E-state index in [9.17, 15) is 9.18 Å². The second kappa shape index (κ2) is 5.33. The number of rotatable bonds is 2. The fourth-order valence-corrected chi connectivity index (χ4v) is 3.30. The van der Waals surface area contributed by atoms with Crippen molar-refractivity contribution < 1.29 is 18.4 Å². The minimum Gasteiger partial charge on any atom is -0.477 e. The van der Waals surface area contributed by atoms with Crippen LogP contribution in [0, 0.1) is 12.7 Å². The molecule has 6 nitrogen and oxygen atoms in total. The first-order valence-electron chi connectivity index (χ1n) is 7.68. The molecular formula is C16H16FN3O3. The lowest BCUT2D eigenvalue weighted by molar-refractivity contribution is -0.139. The number of fused-ring (bicyclic) bond motifs is 1. The van der Waals surface area contributed by atoms with Gasteiger partial charge < -0.3 is 14.2 Å². The predicted molar refractivity (Wildman–Crippen MR) is 77.2 cm³/mol. The topological polar surface area (TPSA) is 68.5 Å². The van der Waals surface area contributed by atoms with Crippen LogP contribution in [-0.2, 0) is 11.2 Å². The van der Waals surface area contributed by atoms with Crippen molar-refractivity contribution in [1.82, 2.24) is 15.0 Å². The molecule has 1 saturated heterocycles. The van der Waals surface area contributed by atoms with Gasteiger partial charge in [-0.1, -0.05) is 17.3 Å². The van der Waals surface area contributed by atoms with Crippen LogP contribution < -0.4 is 4.74 Å². The van der Waals surface area contributed by atoms with Gasteiger partial charge in [0.25, 0.3) is 5.91 Å². The van der Waals surface area contributed by atoms with E-state index in [1.165, 1.54) is 6.07 Å². The van der Waals surface area contributed by atoms with Gasteiger partial charge in [0.15, 0.2) is 23.5 Å². The number of likely N-dealkylation sites (tertiary alicyclic amines) is 1. The number of hydrogen-bond donors (Lipinski definition) is 0. The summed E-state index contributed by atoms with van der Waals surface area (Å²) in [5.74, 6) is 0.619. The van der Waals surface area contributed by atoms with Gasteiger partial charge in [0, 0.05) is 25.5 Å². The van der Waals surface area contributed by atoms with Crippen molar-refractivity contribution in [2.45, 2.75) is 38.3 Å². The molecule has 2 aliphatic rings. The summed E-state index contributed by atoms with van der Waals surface area (Å²) in [6.45, 7) is 2.34. The summed E-state index contributed by atoms with van der Waals surface area (Å²) in [7, 11) is 0. The number of aryl methyl sites for hydroxylation is 1. The molecule has 0 N–H and O–H groups in total. The normalized spacial score (nSPS) is 23.0. The Kier molecular flexibility index (Phi) is 3.28. The third kappa shape index (κ3) is 2.36.